The molecule has 3 aromatic rings. The Morgan fingerprint density at radius 2 is 1.48 bits per heavy atom. The van der Waals surface area contributed by atoms with Crippen LogP contribution in [0.4, 0.5) is 17.6 Å². The Hall–Kier alpha value is -3.46. The summed E-state index contributed by atoms with van der Waals surface area (Å²) in [6.45, 7) is 5.51. The minimum Gasteiger partial charge on any atom is -0.299 e. The van der Waals surface area contributed by atoms with Crippen molar-refractivity contribution in [2.45, 2.75) is 39.3 Å². The van der Waals surface area contributed by atoms with Crippen LogP contribution in [0.15, 0.2) is 60.7 Å². The van der Waals surface area contributed by atoms with E-state index < -0.39 is 23.5 Å². The van der Waals surface area contributed by atoms with Gasteiger partial charge in [0.25, 0.3) is 0 Å². The topological polar surface area (TPSA) is 40.9 Å². The maximum absolute atomic E-state index is 14.1. The van der Waals surface area contributed by atoms with Crippen molar-refractivity contribution in [1.82, 2.24) is 0 Å². The fourth-order valence-corrected chi connectivity index (χ4v) is 3.87. The highest BCUT2D eigenvalue weighted by atomic mass is 19.4. The van der Waals surface area contributed by atoms with Crippen LogP contribution in [0.2, 0.25) is 0 Å². The molecule has 0 saturated heterocycles. The second kappa shape index (κ2) is 9.58. The second-order valence-electron chi connectivity index (χ2n) is 8.55. The van der Waals surface area contributed by atoms with E-state index in [2.05, 4.69) is 0 Å². The number of Topliss-reactive ketones (excluding diaryl/α,β-unsaturated/α-hetero) is 1. The van der Waals surface area contributed by atoms with Gasteiger partial charge < -0.3 is 0 Å². The van der Waals surface area contributed by atoms with Gasteiger partial charge in [0.2, 0.25) is 0 Å². The molecule has 170 valence electrons. The smallest absolute Gasteiger partial charge is 0.299 e. The van der Waals surface area contributed by atoms with Gasteiger partial charge in [0, 0.05) is 5.92 Å². The molecule has 3 rings (SSSR count). The number of ketones is 1. The first kappa shape index (κ1) is 24.2. The van der Waals surface area contributed by atoms with Crippen LogP contribution in [0.5, 0.6) is 0 Å². The van der Waals surface area contributed by atoms with Crippen molar-refractivity contribution >= 4 is 5.78 Å². The highest BCUT2D eigenvalue weighted by Gasteiger charge is 2.30. The number of benzene rings is 3. The van der Waals surface area contributed by atoms with Gasteiger partial charge >= 0.3 is 6.18 Å². The van der Waals surface area contributed by atoms with Crippen molar-refractivity contribution in [3.8, 4) is 28.3 Å². The number of hydrogen-bond acceptors (Lipinski definition) is 2. The summed E-state index contributed by atoms with van der Waals surface area (Å²) in [4.78, 5) is 12.5. The van der Waals surface area contributed by atoms with E-state index in [4.69, 9.17) is 0 Å². The standard InChI is InChI=1S/C27H23F4NO/c1-16(2)8-26(17(3)33)23-12-21(19-4-6-24(7-5-19)27(29,30)31)11-22(13-23)20-9-18(15-32)10-25(28)14-20/h4-7,9-14,16,26H,8H2,1-3H3. The van der Waals surface area contributed by atoms with Gasteiger partial charge in [-0.1, -0.05) is 38.1 Å². The van der Waals surface area contributed by atoms with E-state index in [-0.39, 0.29) is 17.3 Å². The van der Waals surface area contributed by atoms with E-state index in [1.54, 1.807) is 24.3 Å². The van der Waals surface area contributed by atoms with Crippen LogP contribution in [0.1, 0.15) is 49.8 Å². The second-order valence-corrected chi connectivity index (χ2v) is 8.55. The minimum absolute atomic E-state index is 0.0313. The zero-order chi connectivity index (χ0) is 24.3. The fraction of sp³-hybridized carbons (Fsp3) is 0.259. The van der Waals surface area contributed by atoms with Crippen LogP contribution in [0.25, 0.3) is 22.3 Å². The summed E-state index contributed by atoms with van der Waals surface area (Å²) >= 11 is 0. The van der Waals surface area contributed by atoms with Gasteiger partial charge in [-0.3, -0.25) is 4.79 Å². The Kier molecular flexibility index (Phi) is 7.02. The Morgan fingerprint density at radius 3 is 2.00 bits per heavy atom. The van der Waals surface area contributed by atoms with Crippen molar-refractivity contribution in [3.63, 3.8) is 0 Å². The first-order valence-electron chi connectivity index (χ1n) is 10.5. The average molecular weight is 453 g/mol. The van der Waals surface area contributed by atoms with Gasteiger partial charge in [0.15, 0.2) is 0 Å². The molecule has 2 nitrogen and oxygen atoms in total. The zero-order valence-corrected chi connectivity index (χ0v) is 18.5. The molecule has 0 radical (unpaired) electrons. The summed E-state index contributed by atoms with van der Waals surface area (Å²) in [5, 5.41) is 9.22. The summed E-state index contributed by atoms with van der Waals surface area (Å²) < 4.78 is 53.1. The van der Waals surface area contributed by atoms with Gasteiger partial charge in [-0.25, -0.2) is 4.39 Å². The molecular weight excluding hydrogens is 430 g/mol. The summed E-state index contributed by atoms with van der Waals surface area (Å²) in [5.74, 6) is -0.786. The lowest BCUT2D eigenvalue weighted by Crippen LogP contribution is -2.12. The first-order chi connectivity index (χ1) is 15.5. The van der Waals surface area contributed by atoms with Gasteiger partial charge in [-0.05, 0) is 83.5 Å². The van der Waals surface area contributed by atoms with Gasteiger partial charge in [-0.2, -0.15) is 18.4 Å². The van der Waals surface area contributed by atoms with Crippen LogP contribution in [0, 0.1) is 23.1 Å². The predicted octanol–water partition coefficient (Wildman–Crippen LogP) is 7.77. The Labute approximate surface area is 190 Å². The van der Waals surface area contributed by atoms with Crippen LogP contribution < -0.4 is 0 Å². The third-order valence-corrected chi connectivity index (χ3v) is 5.46. The molecule has 0 heterocycles. The largest absolute Gasteiger partial charge is 0.416 e. The number of carbonyl (C=O) groups is 1. The third-order valence-electron chi connectivity index (χ3n) is 5.46. The maximum atomic E-state index is 14.1. The molecule has 0 N–H and O–H groups in total. The van der Waals surface area contributed by atoms with E-state index in [9.17, 15) is 27.6 Å². The van der Waals surface area contributed by atoms with Crippen molar-refractivity contribution < 1.29 is 22.4 Å². The number of carbonyl (C=O) groups excluding carboxylic acids is 1. The van der Waals surface area contributed by atoms with Gasteiger partial charge in [0.05, 0.1) is 17.2 Å². The summed E-state index contributed by atoms with van der Waals surface area (Å²) in [7, 11) is 0. The molecule has 6 heteroatoms. The molecule has 1 unspecified atom stereocenters. The molecule has 3 aromatic carbocycles. The van der Waals surface area contributed by atoms with E-state index in [1.165, 1.54) is 25.1 Å². The monoisotopic (exact) mass is 453 g/mol. The van der Waals surface area contributed by atoms with Crippen molar-refractivity contribution in [2.75, 3.05) is 0 Å². The summed E-state index contributed by atoms with van der Waals surface area (Å²) in [5.41, 5.74) is 2.27. The van der Waals surface area contributed by atoms with Gasteiger partial charge in [0.1, 0.15) is 11.6 Å². The van der Waals surface area contributed by atoms with E-state index in [0.29, 0.717) is 34.2 Å². The zero-order valence-electron chi connectivity index (χ0n) is 18.5. The van der Waals surface area contributed by atoms with Crippen molar-refractivity contribution in [3.05, 3.63) is 83.2 Å². The molecule has 0 aliphatic carbocycles. The number of alkyl halides is 3. The van der Waals surface area contributed by atoms with Gasteiger partial charge in [-0.15, -0.1) is 0 Å². The quantitative estimate of drug-likeness (QED) is 0.358. The van der Waals surface area contributed by atoms with Crippen LogP contribution in [-0.2, 0) is 11.0 Å². The lowest BCUT2D eigenvalue weighted by Gasteiger charge is -2.19. The average Bonchev–Trinajstić information content (AvgIpc) is 2.76. The van der Waals surface area contributed by atoms with E-state index in [0.717, 1.165) is 18.2 Å². The van der Waals surface area contributed by atoms with Crippen LogP contribution in [-0.4, -0.2) is 5.78 Å². The summed E-state index contributed by atoms with van der Waals surface area (Å²) in [6.07, 6.45) is -3.85. The molecule has 0 aromatic heterocycles. The van der Waals surface area contributed by atoms with E-state index in [1.807, 2.05) is 19.9 Å². The molecule has 1 atom stereocenters. The highest BCUT2D eigenvalue weighted by molar-refractivity contribution is 5.85. The number of hydrogen-bond donors (Lipinski definition) is 0. The van der Waals surface area contributed by atoms with Crippen LogP contribution >= 0.6 is 0 Å². The lowest BCUT2D eigenvalue weighted by molar-refractivity contribution is -0.137. The molecule has 0 spiro atoms. The highest BCUT2D eigenvalue weighted by Crippen LogP contribution is 2.36. The SMILES string of the molecule is CC(=O)C(CC(C)C)c1cc(-c2ccc(C(F)(F)F)cc2)cc(-c2cc(F)cc(C#N)c2)c1. The molecule has 0 bridgehead atoms. The Morgan fingerprint density at radius 1 is 0.909 bits per heavy atom. The molecule has 0 saturated carbocycles. The number of rotatable bonds is 6. The molecular formula is C27H23F4NO. The summed E-state index contributed by atoms with van der Waals surface area (Å²) in [6, 6.07) is 16.0. The predicted molar refractivity (Wildman–Crippen MR) is 120 cm³/mol. The van der Waals surface area contributed by atoms with Crippen LogP contribution in [0.3, 0.4) is 0 Å². The number of halogens is 4. The molecule has 33 heavy (non-hydrogen) atoms. The molecule has 0 fully saturated rings. The lowest BCUT2D eigenvalue weighted by atomic mass is 9.84. The Balaban J connectivity index is 2.21. The molecule has 0 aliphatic rings. The van der Waals surface area contributed by atoms with Crippen molar-refractivity contribution in [2.24, 2.45) is 5.92 Å². The maximum Gasteiger partial charge on any atom is 0.416 e. The minimum atomic E-state index is -4.45. The first-order valence-corrected chi connectivity index (χ1v) is 10.5. The number of nitriles is 1. The number of nitrogens with zero attached hydrogens (tertiary/aromatic N) is 1. The van der Waals surface area contributed by atoms with E-state index >= 15 is 0 Å². The normalized spacial score (nSPS) is 12.5. The molecule has 0 aliphatic heterocycles. The Bertz CT molecular complexity index is 1200. The molecule has 0 amide bonds. The van der Waals surface area contributed by atoms with Crippen molar-refractivity contribution in [1.29, 1.82) is 5.26 Å². The third kappa shape index (κ3) is 5.87. The fourth-order valence-electron chi connectivity index (χ4n) is 3.87.